The maximum Gasteiger partial charge on any atom is 0.195 e. The van der Waals surface area contributed by atoms with Gasteiger partial charge in [0.05, 0.1) is 7.11 Å². The van der Waals surface area contributed by atoms with Crippen LogP contribution in [0.15, 0.2) is 30.3 Å². The zero-order chi connectivity index (χ0) is 17.2. The normalized spacial score (nSPS) is 12.3. The van der Waals surface area contributed by atoms with Crippen molar-refractivity contribution in [3.05, 3.63) is 47.0 Å². The molecular weight excluding hydrogens is 308 g/mol. The van der Waals surface area contributed by atoms with E-state index in [-0.39, 0.29) is 44.9 Å². The van der Waals surface area contributed by atoms with Crippen molar-refractivity contribution in [2.24, 2.45) is 0 Å². The van der Waals surface area contributed by atoms with Gasteiger partial charge in [0, 0.05) is 33.0 Å². The molecule has 0 spiro atoms. The molecule has 0 atom stereocenters. The van der Waals surface area contributed by atoms with Crippen LogP contribution in [0.1, 0.15) is 21.5 Å². The van der Waals surface area contributed by atoms with Gasteiger partial charge in [0.15, 0.2) is 17.3 Å². The zero-order valence-electron chi connectivity index (χ0n) is 13.0. The number of phenolic OH excluding ortho intramolecular Hbond substituents is 3. The van der Waals surface area contributed by atoms with Crippen molar-refractivity contribution in [2.45, 2.75) is 6.92 Å². The summed E-state index contributed by atoms with van der Waals surface area (Å²) in [6.45, 7) is 1.75. The Labute approximate surface area is 137 Å². The lowest BCUT2D eigenvalue weighted by atomic mass is 9.94. The fraction of sp³-hybridized carbons (Fsp3) is 0.105. The van der Waals surface area contributed by atoms with Crippen LogP contribution >= 0.6 is 0 Å². The van der Waals surface area contributed by atoms with E-state index in [1.165, 1.54) is 13.2 Å². The molecule has 0 heterocycles. The van der Waals surface area contributed by atoms with E-state index in [0.717, 1.165) is 0 Å². The summed E-state index contributed by atoms with van der Waals surface area (Å²) in [5, 5.41) is 31.8. The number of aryl methyl sites for hydroxylation is 1. The molecule has 120 valence electrons. The van der Waals surface area contributed by atoms with Crippen molar-refractivity contribution < 1.29 is 24.9 Å². The number of hydrogen-bond donors (Lipinski definition) is 3. The van der Waals surface area contributed by atoms with Crippen molar-refractivity contribution in [3.8, 4) is 34.1 Å². The van der Waals surface area contributed by atoms with Crippen LogP contribution < -0.4 is 4.74 Å². The lowest BCUT2D eigenvalue weighted by molar-refractivity contribution is 0.104. The molecule has 4 rings (SSSR count). The van der Waals surface area contributed by atoms with Gasteiger partial charge in [-0.15, -0.1) is 0 Å². The third-order valence-corrected chi connectivity index (χ3v) is 4.45. The van der Waals surface area contributed by atoms with Gasteiger partial charge in [0.1, 0.15) is 11.5 Å². The monoisotopic (exact) mass is 322 g/mol. The Bertz CT molecular complexity index is 1050. The Morgan fingerprint density at radius 1 is 0.958 bits per heavy atom. The Morgan fingerprint density at radius 2 is 1.71 bits per heavy atom. The Morgan fingerprint density at radius 3 is 2.42 bits per heavy atom. The number of fused-ring (bicyclic) bond motifs is 5. The van der Waals surface area contributed by atoms with E-state index in [1.54, 1.807) is 31.2 Å². The van der Waals surface area contributed by atoms with Crippen LogP contribution in [0.4, 0.5) is 0 Å². The Hall–Kier alpha value is -3.21. The van der Waals surface area contributed by atoms with Crippen molar-refractivity contribution >= 4 is 16.6 Å². The van der Waals surface area contributed by atoms with Crippen LogP contribution in [0.3, 0.4) is 0 Å². The summed E-state index contributed by atoms with van der Waals surface area (Å²) in [7, 11) is 1.47. The molecular formula is C19H14O5. The number of carbonyl (C=O) groups is 1. The van der Waals surface area contributed by atoms with Crippen LogP contribution in [0.5, 0.6) is 23.0 Å². The quantitative estimate of drug-likeness (QED) is 0.467. The predicted octanol–water partition coefficient (Wildman–Crippen LogP) is 3.49. The molecule has 1 aliphatic carbocycles. The lowest BCUT2D eigenvalue weighted by Gasteiger charge is -2.13. The highest BCUT2D eigenvalue weighted by molar-refractivity contribution is 6.30. The molecule has 0 saturated heterocycles. The maximum atomic E-state index is 12.9. The Kier molecular flexibility index (Phi) is 2.78. The van der Waals surface area contributed by atoms with Gasteiger partial charge in [0.2, 0.25) is 0 Å². The number of phenols is 3. The number of rotatable bonds is 1. The predicted molar refractivity (Wildman–Crippen MR) is 89.1 cm³/mol. The number of carbonyl (C=O) groups excluding carboxylic acids is 1. The molecule has 0 bridgehead atoms. The first-order valence-corrected chi connectivity index (χ1v) is 7.39. The van der Waals surface area contributed by atoms with E-state index < -0.39 is 0 Å². The number of methoxy groups -OCH3 is 1. The molecule has 0 aromatic heterocycles. The largest absolute Gasteiger partial charge is 0.507 e. The molecule has 0 aliphatic heterocycles. The number of ether oxygens (including phenoxy) is 1. The fourth-order valence-corrected chi connectivity index (χ4v) is 3.46. The summed E-state index contributed by atoms with van der Waals surface area (Å²) in [4.78, 5) is 12.9. The third-order valence-electron chi connectivity index (χ3n) is 4.45. The molecule has 5 nitrogen and oxygen atoms in total. The van der Waals surface area contributed by atoms with Crippen LogP contribution in [-0.2, 0) is 0 Å². The second-order valence-electron chi connectivity index (χ2n) is 5.87. The van der Waals surface area contributed by atoms with Crippen LogP contribution in [0.25, 0.3) is 21.9 Å². The van der Waals surface area contributed by atoms with Crippen molar-refractivity contribution in [1.29, 1.82) is 0 Å². The van der Waals surface area contributed by atoms with Crippen LogP contribution in [0.2, 0.25) is 0 Å². The molecule has 24 heavy (non-hydrogen) atoms. The standard InChI is InChI=1S/C19H14O5/c1-8-6-10-13(11(20)7-8)15-16(19(23)18(10)22)14-9(17(15)21)4-3-5-12(14)24-2/h3-7,20,22-23H,1-2H3. The average Bonchev–Trinajstić information content (AvgIpc) is 2.85. The Balaban J connectivity index is 2.27. The molecule has 3 N–H and O–H groups in total. The molecule has 0 unspecified atom stereocenters. The van der Waals surface area contributed by atoms with Gasteiger partial charge in [-0.05, 0) is 30.7 Å². The second kappa shape index (κ2) is 4.64. The molecule has 3 aromatic carbocycles. The smallest absolute Gasteiger partial charge is 0.195 e. The van der Waals surface area contributed by atoms with Crippen molar-refractivity contribution in [3.63, 3.8) is 0 Å². The molecule has 5 heteroatoms. The minimum atomic E-state index is -0.390. The van der Waals surface area contributed by atoms with E-state index >= 15 is 0 Å². The summed E-state index contributed by atoms with van der Waals surface area (Å²) >= 11 is 0. The minimum Gasteiger partial charge on any atom is -0.507 e. The van der Waals surface area contributed by atoms with Gasteiger partial charge in [0.25, 0.3) is 0 Å². The SMILES string of the molecule is COc1cccc2c1-c1c(O)c(O)c3cc(C)cc(O)c3c1C2=O. The topological polar surface area (TPSA) is 87.0 Å². The highest BCUT2D eigenvalue weighted by Crippen LogP contribution is 2.55. The number of ketones is 1. The van der Waals surface area contributed by atoms with E-state index in [9.17, 15) is 20.1 Å². The van der Waals surface area contributed by atoms with Crippen LogP contribution in [-0.4, -0.2) is 28.2 Å². The lowest BCUT2D eigenvalue weighted by Crippen LogP contribution is -1.97. The number of aromatic hydroxyl groups is 3. The first-order chi connectivity index (χ1) is 11.5. The van der Waals surface area contributed by atoms with E-state index in [0.29, 0.717) is 22.4 Å². The molecule has 0 saturated carbocycles. The van der Waals surface area contributed by atoms with Gasteiger partial charge in [-0.2, -0.15) is 0 Å². The van der Waals surface area contributed by atoms with Crippen molar-refractivity contribution in [1.82, 2.24) is 0 Å². The van der Waals surface area contributed by atoms with Gasteiger partial charge in [-0.1, -0.05) is 12.1 Å². The van der Waals surface area contributed by atoms with Gasteiger partial charge >= 0.3 is 0 Å². The highest BCUT2D eigenvalue weighted by atomic mass is 16.5. The minimum absolute atomic E-state index is 0.114. The summed E-state index contributed by atoms with van der Waals surface area (Å²) in [6.07, 6.45) is 0. The maximum absolute atomic E-state index is 12.9. The average molecular weight is 322 g/mol. The summed E-state index contributed by atoms with van der Waals surface area (Å²) in [5.41, 5.74) is 1.87. The number of benzene rings is 3. The fourth-order valence-electron chi connectivity index (χ4n) is 3.46. The van der Waals surface area contributed by atoms with Gasteiger partial charge < -0.3 is 20.1 Å². The highest BCUT2D eigenvalue weighted by Gasteiger charge is 2.36. The summed E-state index contributed by atoms with van der Waals surface area (Å²) in [6, 6.07) is 8.14. The second-order valence-corrected chi connectivity index (χ2v) is 5.87. The molecule has 1 aliphatic rings. The van der Waals surface area contributed by atoms with Gasteiger partial charge in [-0.25, -0.2) is 0 Å². The van der Waals surface area contributed by atoms with Crippen molar-refractivity contribution in [2.75, 3.05) is 7.11 Å². The third kappa shape index (κ3) is 1.61. The van der Waals surface area contributed by atoms with Gasteiger partial charge in [-0.3, -0.25) is 4.79 Å². The summed E-state index contributed by atoms with van der Waals surface area (Å²) < 4.78 is 5.31. The number of hydrogen-bond acceptors (Lipinski definition) is 5. The van der Waals surface area contributed by atoms with E-state index in [1.807, 2.05) is 0 Å². The molecule has 3 aromatic rings. The zero-order valence-corrected chi connectivity index (χ0v) is 13.0. The molecule has 0 fully saturated rings. The van der Waals surface area contributed by atoms with E-state index in [2.05, 4.69) is 0 Å². The first kappa shape index (κ1) is 14.4. The summed E-state index contributed by atoms with van der Waals surface area (Å²) in [5.74, 6) is -0.774. The molecule has 0 radical (unpaired) electrons. The first-order valence-electron chi connectivity index (χ1n) is 7.39. The van der Waals surface area contributed by atoms with Crippen LogP contribution in [0, 0.1) is 6.92 Å². The van der Waals surface area contributed by atoms with E-state index in [4.69, 9.17) is 4.74 Å². The molecule has 0 amide bonds.